The van der Waals surface area contributed by atoms with Gasteiger partial charge in [0, 0.05) is 25.0 Å². The standard InChI is InChI=1S/C26H27N3O2/c1-3-7-22(8-4-1)12-15-26-28-24(20-31-26)19-30-25-13-10-23(11-14-25)9-5-2-6-17-29-18-16-27-21-29/h1,3-4,7-8,10-16,18,20-21H,2,5-6,9,17,19H2. The van der Waals surface area contributed by atoms with E-state index >= 15 is 0 Å². The van der Waals surface area contributed by atoms with E-state index in [1.54, 1.807) is 6.26 Å². The number of nitrogens with zero attached hydrogens (tertiary/aromatic N) is 3. The van der Waals surface area contributed by atoms with Gasteiger partial charge in [-0.1, -0.05) is 48.9 Å². The first-order valence-electron chi connectivity index (χ1n) is 10.7. The van der Waals surface area contributed by atoms with E-state index in [1.807, 2.05) is 73.3 Å². The molecule has 2 aromatic carbocycles. The van der Waals surface area contributed by atoms with Crippen molar-refractivity contribution in [3.05, 3.63) is 102 Å². The molecule has 0 aliphatic heterocycles. The minimum absolute atomic E-state index is 0.385. The first kappa shape index (κ1) is 20.7. The number of benzene rings is 2. The zero-order valence-corrected chi connectivity index (χ0v) is 17.6. The van der Waals surface area contributed by atoms with E-state index in [4.69, 9.17) is 9.15 Å². The summed E-state index contributed by atoms with van der Waals surface area (Å²) in [6.45, 7) is 1.43. The van der Waals surface area contributed by atoms with Crippen LogP contribution < -0.4 is 4.74 Å². The van der Waals surface area contributed by atoms with Gasteiger partial charge in [0.2, 0.25) is 5.89 Å². The number of hydrogen-bond donors (Lipinski definition) is 0. The predicted octanol–water partition coefficient (Wildman–Crippen LogP) is 6.03. The van der Waals surface area contributed by atoms with Crippen molar-refractivity contribution in [2.24, 2.45) is 0 Å². The summed E-state index contributed by atoms with van der Waals surface area (Å²) in [7, 11) is 0. The average molecular weight is 414 g/mol. The highest BCUT2D eigenvalue weighted by atomic mass is 16.5. The minimum atomic E-state index is 0.385. The van der Waals surface area contributed by atoms with Crippen molar-refractivity contribution < 1.29 is 9.15 Å². The van der Waals surface area contributed by atoms with Gasteiger partial charge < -0.3 is 13.7 Å². The van der Waals surface area contributed by atoms with Gasteiger partial charge in [0.1, 0.15) is 24.3 Å². The fourth-order valence-electron chi connectivity index (χ4n) is 3.33. The second-order valence-corrected chi connectivity index (χ2v) is 7.46. The molecule has 0 spiro atoms. The lowest BCUT2D eigenvalue weighted by atomic mass is 10.1. The van der Waals surface area contributed by atoms with Crippen LogP contribution in [-0.2, 0) is 19.6 Å². The molecule has 158 valence electrons. The lowest BCUT2D eigenvalue weighted by molar-refractivity contribution is 0.301. The largest absolute Gasteiger partial charge is 0.487 e. The molecule has 0 N–H and O–H groups in total. The van der Waals surface area contributed by atoms with E-state index in [0.29, 0.717) is 12.5 Å². The van der Waals surface area contributed by atoms with Gasteiger partial charge in [0.15, 0.2) is 0 Å². The number of ether oxygens (including phenoxy) is 1. The van der Waals surface area contributed by atoms with Crippen LogP contribution in [0.15, 0.2) is 84.0 Å². The number of rotatable bonds is 11. The van der Waals surface area contributed by atoms with Crippen LogP contribution in [0, 0.1) is 0 Å². The van der Waals surface area contributed by atoms with Gasteiger partial charge in [0.25, 0.3) is 0 Å². The van der Waals surface area contributed by atoms with Crippen molar-refractivity contribution >= 4 is 12.2 Å². The molecule has 0 aliphatic carbocycles. The Kier molecular flexibility index (Phi) is 7.31. The van der Waals surface area contributed by atoms with Crippen LogP contribution in [-0.4, -0.2) is 14.5 Å². The van der Waals surface area contributed by atoms with Crippen molar-refractivity contribution in [2.45, 2.75) is 38.8 Å². The third kappa shape index (κ3) is 6.71. The Morgan fingerprint density at radius 3 is 2.61 bits per heavy atom. The molecule has 0 fully saturated rings. The van der Waals surface area contributed by atoms with Crippen molar-refractivity contribution in [3.8, 4) is 5.75 Å². The van der Waals surface area contributed by atoms with E-state index in [2.05, 4.69) is 26.7 Å². The quantitative estimate of drug-likeness (QED) is 0.282. The number of hydrogen-bond acceptors (Lipinski definition) is 4. The zero-order chi connectivity index (χ0) is 21.1. The van der Waals surface area contributed by atoms with E-state index < -0.39 is 0 Å². The molecule has 2 aromatic heterocycles. The summed E-state index contributed by atoms with van der Waals surface area (Å²) >= 11 is 0. The van der Waals surface area contributed by atoms with Gasteiger partial charge in [-0.3, -0.25) is 0 Å². The van der Waals surface area contributed by atoms with E-state index in [1.165, 1.54) is 24.8 Å². The molecule has 4 rings (SSSR count). The zero-order valence-electron chi connectivity index (χ0n) is 17.6. The molecular weight excluding hydrogens is 386 g/mol. The second kappa shape index (κ2) is 11.0. The molecule has 0 atom stereocenters. The van der Waals surface area contributed by atoms with Crippen molar-refractivity contribution in [1.82, 2.24) is 14.5 Å². The van der Waals surface area contributed by atoms with Gasteiger partial charge in [-0.2, -0.15) is 0 Å². The third-order valence-corrected chi connectivity index (χ3v) is 5.04. The van der Waals surface area contributed by atoms with Crippen LogP contribution in [0.2, 0.25) is 0 Å². The highest BCUT2D eigenvalue weighted by Crippen LogP contribution is 2.16. The molecule has 0 radical (unpaired) electrons. The summed E-state index contributed by atoms with van der Waals surface area (Å²) in [6.07, 6.45) is 15.9. The highest BCUT2D eigenvalue weighted by molar-refractivity contribution is 5.65. The molecule has 0 saturated carbocycles. The van der Waals surface area contributed by atoms with Crippen LogP contribution in [0.25, 0.3) is 12.2 Å². The van der Waals surface area contributed by atoms with Gasteiger partial charge in [0.05, 0.1) is 6.33 Å². The fraction of sp³-hybridized carbons (Fsp3) is 0.231. The SMILES string of the molecule is C(=Cc1nc(COc2ccc(CCCCCn3ccnc3)cc2)co1)c1ccccc1. The first-order chi connectivity index (χ1) is 15.3. The van der Waals surface area contributed by atoms with Crippen molar-refractivity contribution in [2.75, 3.05) is 0 Å². The summed E-state index contributed by atoms with van der Waals surface area (Å²) in [5.41, 5.74) is 3.22. The Bertz CT molecular complexity index is 1050. The second-order valence-electron chi connectivity index (χ2n) is 7.46. The average Bonchev–Trinajstić information content (AvgIpc) is 3.50. The Morgan fingerprint density at radius 2 is 1.81 bits per heavy atom. The number of aromatic nitrogens is 3. The van der Waals surface area contributed by atoms with E-state index in [0.717, 1.165) is 30.0 Å². The molecule has 0 amide bonds. The number of unbranched alkanes of at least 4 members (excludes halogenated alkanes) is 2. The molecule has 0 bridgehead atoms. The Morgan fingerprint density at radius 1 is 0.935 bits per heavy atom. The summed E-state index contributed by atoms with van der Waals surface area (Å²) < 4.78 is 13.5. The topological polar surface area (TPSA) is 53.1 Å². The highest BCUT2D eigenvalue weighted by Gasteiger charge is 2.03. The predicted molar refractivity (Wildman–Crippen MR) is 122 cm³/mol. The van der Waals surface area contributed by atoms with Gasteiger partial charge in [-0.25, -0.2) is 9.97 Å². The van der Waals surface area contributed by atoms with Crippen LogP contribution in [0.1, 0.15) is 42.0 Å². The molecule has 4 aromatic rings. The first-order valence-corrected chi connectivity index (χ1v) is 10.7. The minimum Gasteiger partial charge on any atom is -0.487 e. The fourth-order valence-corrected chi connectivity index (χ4v) is 3.33. The van der Waals surface area contributed by atoms with Crippen LogP contribution >= 0.6 is 0 Å². The summed E-state index contributed by atoms with van der Waals surface area (Å²) in [5, 5.41) is 0. The van der Waals surface area contributed by atoms with E-state index in [9.17, 15) is 0 Å². The lowest BCUT2D eigenvalue weighted by Crippen LogP contribution is -1.96. The number of oxazole rings is 1. The molecule has 0 aliphatic rings. The van der Waals surface area contributed by atoms with Crippen molar-refractivity contribution in [1.29, 1.82) is 0 Å². The third-order valence-electron chi connectivity index (χ3n) is 5.04. The summed E-state index contributed by atoms with van der Waals surface area (Å²) in [6, 6.07) is 18.4. The summed E-state index contributed by atoms with van der Waals surface area (Å²) in [4.78, 5) is 8.52. The molecule has 5 heteroatoms. The maximum absolute atomic E-state index is 5.85. The Labute approximate surface area is 183 Å². The Balaban J connectivity index is 1.17. The lowest BCUT2D eigenvalue weighted by Gasteiger charge is -2.06. The number of imidazole rings is 1. The monoisotopic (exact) mass is 413 g/mol. The normalized spacial score (nSPS) is 11.2. The molecule has 5 nitrogen and oxygen atoms in total. The summed E-state index contributed by atoms with van der Waals surface area (Å²) in [5.74, 6) is 1.42. The smallest absolute Gasteiger partial charge is 0.218 e. The maximum Gasteiger partial charge on any atom is 0.218 e. The molecule has 2 heterocycles. The molecule has 0 unspecified atom stereocenters. The molecule has 31 heavy (non-hydrogen) atoms. The Hall–Kier alpha value is -3.60. The maximum atomic E-state index is 5.85. The van der Waals surface area contributed by atoms with Crippen LogP contribution in [0.4, 0.5) is 0 Å². The van der Waals surface area contributed by atoms with Crippen LogP contribution in [0.5, 0.6) is 5.75 Å². The van der Waals surface area contributed by atoms with Crippen molar-refractivity contribution in [3.63, 3.8) is 0 Å². The number of aryl methyl sites for hydroxylation is 2. The van der Waals surface area contributed by atoms with Gasteiger partial charge >= 0.3 is 0 Å². The van der Waals surface area contributed by atoms with Gasteiger partial charge in [-0.15, -0.1) is 0 Å². The van der Waals surface area contributed by atoms with E-state index in [-0.39, 0.29) is 0 Å². The van der Waals surface area contributed by atoms with Crippen LogP contribution in [0.3, 0.4) is 0 Å². The molecular formula is C26H27N3O2. The molecule has 0 saturated heterocycles. The van der Waals surface area contributed by atoms with Gasteiger partial charge in [-0.05, 0) is 48.6 Å².